The number of hydrogen-bond donors (Lipinski definition) is 2. The second kappa shape index (κ2) is 5.45. The van der Waals surface area contributed by atoms with Crippen molar-refractivity contribution in [2.75, 3.05) is 11.9 Å². The Kier molecular flexibility index (Phi) is 4.24. The van der Waals surface area contributed by atoms with E-state index in [0.717, 1.165) is 11.3 Å². The van der Waals surface area contributed by atoms with E-state index in [9.17, 15) is 9.59 Å². The summed E-state index contributed by atoms with van der Waals surface area (Å²) in [5, 5.41) is 11.8. The summed E-state index contributed by atoms with van der Waals surface area (Å²) >= 11 is 0.975. The van der Waals surface area contributed by atoms with Crippen LogP contribution in [0.15, 0.2) is 6.20 Å². The largest absolute Gasteiger partial charge is 0.477 e. The molecule has 0 aromatic carbocycles. The van der Waals surface area contributed by atoms with Gasteiger partial charge in [0.05, 0.1) is 12.8 Å². The number of ether oxygens (including phenoxy) is 1. The summed E-state index contributed by atoms with van der Waals surface area (Å²) in [7, 11) is 0. The molecule has 0 aliphatic rings. The first-order valence-electron chi connectivity index (χ1n) is 4.67. The van der Waals surface area contributed by atoms with Crippen molar-refractivity contribution in [1.82, 2.24) is 4.98 Å². The molecule has 1 aromatic heterocycles. The Hall–Kier alpha value is -1.63. The van der Waals surface area contributed by atoms with Crippen LogP contribution >= 0.6 is 11.3 Å². The van der Waals surface area contributed by atoms with Gasteiger partial charge in [0, 0.05) is 0 Å². The first kappa shape index (κ1) is 12.4. The van der Waals surface area contributed by atoms with Crippen LogP contribution < -0.4 is 5.32 Å². The molecule has 88 valence electrons. The number of carboxylic acid groups (broad SMARTS) is 1. The summed E-state index contributed by atoms with van der Waals surface area (Å²) in [4.78, 5) is 25.8. The summed E-state index contributed by atoms with van der Waals surface area (Å²) in [5.41, 5.74) is 0. The Bertz CT molecular complexity index is 391. The minimum absolute atomic E-state index is 0.124. The van der Waals surface area contributed by atoms with Crippen molar-refractivity contribution >= 4 is 28.4 Å². The molecule has 0 fully saturated rings. The van der Waals surface area contributed by atoms with Crippen molar-refractivity contribution in [3.8, 4) is 0 Å². The van der Waals surface area contributed by atoms with Gasteiger partial charge in [-0.05, 0) is 13.8 Å². The monoisotopic (exact) mass is 244 g/mol. The fourth-order valence-electron chi connectivity index (χ4n) is 0.951. The van der Waals surface area contributed by atoms with Crippen LogP contribution in [-0.4, -0.2) is 34.7 Å². The number of carboxylic acids is 1. The molecule has 0 bridgehead atoms. The topological polar surface area (TPSA) is 88.5 Å². The fraction of sp³-hybridized carbons (Fsp3) is 0.444. The number of thiazole rings is 1. The zero-order chi connectivity index (χ0) is 12.1. The molecule has 1 heterocycles. The van der Waals surface area contributed by atoms with Gasteiger partial charge in [-0.1, -0.05) is 11.3 Å². The third-order valence-corrected chi connectivity index (χ3v) is 2.61. The standard InChI is InChI=1S/C9H12N2O4S/c1-3-15-8(14)5(2)11-9-10-4-6(16-9)7(12)13/h4-5H,3H2,1-2H3,(H,10,11)(H,12,13). The smallest absolute Gasteiger partial charge is 0.347 e. The molecule has 0 radical (unpaired) electrons. The van der Waals surface area contributed by atoms with Crippen LogP contribution in [0.5, 0.6) is 0 Å². The number of hydrogen-bond acceptors (Lipinski definition) is 6. The van der Waals surface area contributed by atoms with Gasteiger partial charge in [0.2, 0.25) is 0 Å². The highest BCUT2D eigenvalue weighted by Gasteiger charge is 2.16. The molecule has 1 aromatic rings. The molecule has 1 unspecified atom stereocenters. The van der Waals surface area contributed by atoms with Crippen LogP contribution in [0.1, 0.15) is 23.5 Å². The quantitative estimate of drug-likeness (QED) is 0.757. The SMILES string of the molecule is CCOC(=O)C(C)Nc1ncc(C(=O)O)s1. The average molecular weight is 244 g/mol. The average Bonchev–Trinajstić information content (AvgIpc) is 2.66. The summed E-state index contributed by atoms with van der Waals surface area (Å²) in [6.45, 7) is 3.65. The lowest BCUT2D eigenvalue weighted by atomic mass is 10.3. The predicted octanol–water partition coefficient (Wildman–Crippen LogP) is 1.20. The summed E-state index contributed by atoms with van der Waals surface area (Å²) in [5.74, 6) is -1.43. The van der Waals surface area contributed by atoms with E-state index in [-0.39, 0.29) is 4.88 Å². The minimum Gasteiger partial charge on any atom is -0.477 e. The van der Waals surface area contributed by atoms with Crippen LogP contribution in [0.3, 0.4) is 0 Å². The van der Waals surface area contributed by atoms with E-state index in [1.807, 2.05) is 0 Å². The second-order valence-corrected chi connectivity index (χ2v) is 3.98. The van der Waals surface area contributed by atoms with Crippen molar-refractivity contribution in [2.24, 2.45) is 0 Å². The zero-order valence-corrected chi connectivity index (χ0v) is 9.71. The van der Waals surface area contributed by atoms with E-state index in [1.54, 1.807) is 13.8 Å². The lowest BCUT2D eigenvalue weighted by Crippen LogP contribution is -2.28. The molecule has 7 heteroatoms. The Morgan fingerprint density at radius 2 is 2.38 bits per heavy atom. The van der Waals surface area contributed by atoms with Crippen molar-refractivity contribution < 1.29 is 19.4 Å². The van der Waals surface area contributed by atoms with E-state index in [1.165, 1.54) is 6.20 Å². The van der Waals surface area contributed by atoms with Crippen molar-refractivity contribution in [2.45, 2.75) is 19.9 Å². The third kappa shape index (κ3) is 3.20. The van der Waals surface area contributed by atoms with Crippen LogP contribution in [0.2, 0.25) is 0 Å². The Balaban J connectivity index is 2.59. The summed E-state index contributed by atoms with van der Waals surface area (Å²) in [6.07, 6.45) is 1.24. The molecule has 0 saturated carbocycles. The maximum Gasteiger partial charge on any atom is 0.347 e. The van der Waals surface area contributed by atoms with Gasteiger partial charge >= 0.3 is 11.9 Å². The Morgan fingerprint density at radius 3 is 2.88 bits per heavy atom. The number of carbonyl (C=O) groups is 2. The first-order valence-corrected chi connectivity index (χ1v) is 5.48. The third-order valence-electron chi connectivity index (χ3n) is 1.70. The maximum absolute atomic E-state index is 11.3. The van der Waals surface area contributed by atoms with Gasteiger partial charge < -0.3 is 15.2 Å². The number of nitrogens with zero attached hydrogens (tertiary/aromatic N) is 1. The molecule has 0 spiro atoms. The van der Waals surface area contributed by atoms with E-state index >= 15 is 0 Å². The predicted molar refractivity (Wildman–Crippen MR) is 58.8 cm³/mol. The molecule has 2 N–H and O–H groups in total. The Labute approximate surface area is 96.3 Å². The molecule has 0 aliphatic carbocycles. The highest BCUT2D eigenvalue weighted by molar-refractivity contribution is 7.17. The van der Waals surface area contributed by atoms with Gasteiger partial charge in [0.25, 0.3) is 0 Å². The van der Waals surface area contributed by atoms with E-state index < -0.39 is 18.0 Å². The molecule has 16 heavy (non-hydrogen) atoms. The van der Waals surface area contributed by atoms with Crippen molar-refractivity contribution in [1.29, 1.82) is 0 Å². The van der Waals surface area contributed by atoms with Crippen LogP contribution in [-0.2, 0) is 9.53 Å². The first-order chi connectivity index (χ1) is 7.54. The molecular formula is C9H12N2O4S. The second-order valence-electron chi connectivity index (χ2n) is 2.95. The van der Waals surface area contributed by atoms with E-state index in [2.05, 4.69) is 10.3 Å². The number of nitrogens with one attached hydrogen (secondary N) is 1. The van der Waals surface area contributed by atoms with Gasteiger partial charge in [-0.3, -0.25) is 0 Å². The van der Waals surface area contributed by atoms with Crippen molar-refractivity contribution in [3.05, 3.63) is 11.1 Å². The molecule has 0 aliphatic heterocycles. The molecule has 6 nitrogen and oxygen atoms in total. The van der Waals surface area contributed by atoms with E-state index in [4.69, 9.17) is 9.84 Å². The number of carbonyl (C=O) groups excluding carboxylic acids is 1. The van der Waals surface area contributed by atoms with Gasteiger partial charge in [-0.2, -0.15) is 0 Å². The van der Waals surface area contributed by atoms with Crippen LogP contribution in [0.25, 0.3) is 0 Å². The maximum atomic E-state index is 11.3. The molecule has 0 amide bonds. The normalized spacial score (nSPS) is 11.9. The minimum atomic E-state index is -1.03. The molecular weight excluding hydrogens is 232 g/mol. The highest BCUT2D eigenvalue weighted by Crippen LogP contribution is 2.18. The van der Waals surface area contributed by atoms with Crippen LogP contribution in [0, 0.1) is 0 Å². The summed E-state index contributed by atoms with van der Waals surface area (Å²) in [6, 6.07) is -0.548. The zero-order valence-electron chi connectivity index (χ0n) is 8.89. The lowest BCUT2D eigenvalue weighted by molar-refractivity contribution is -0.143. The van der Waals surface area contributed by atoms with Crippen molar-refractivity contribution in [3.63, 3.8) is 0 Å². The Morgan fingerprint density at radius 1 is 1.69 bits per heavy atom. The lowest BCUT2D eigenvalue weighted by Gasteiger charge is -2.10. The number of esters is 1. The number of anilines is 1. The number of aromatic carboxylic acids is 1. The fourth-order valence-corrected chi connectivity index (χ4v) is 1.69. The van der Waals surface area contributed by atoms with Crippen LogP contribution in [0.4, 0.5) is 5.13 Å². The molecule has 1 atom stereocenters. The van der Waals surface area contributed by atoms with E-state index in [0.29, 0.717) is 11.7 Å². The number of aromatic nitrogens is 1. The highest BCUT2D eigenvalue weighted by atomic mass is 32.1. The van der Waals surface area contributed by atoms with Gasteiger partial charge in [0.15, 0.2) is 5.13 Å². The number of rotatable bonds is 5. The molecule has 0 saturated heterocycles. The molecule has 1 rings (SSSR count). The van der Waals surface area contributed by atoms with Gasteiger partial charge in [-0.25, -0.2) is 14.6 Å². The van der Waals surface area contributed by atoms with Gasteiger partial charge in [-0.15, -0.1) is 0 Å². The van der Waals surface area contributed by atoms with Gasteiger partial charge in [0.1, 0.15) is 10.9 Å². The summed E-state index contributed by atoms with van der Waals surface area (Å²) < 4.78 is 4.79.